The highest BCUT2D eigenvalue weighted by molar-refractivity contribution is 5.96. The Hall–Kier alpha value is -2.04. The van der Waals surface area contributed by atoms with Crippen LogP contribution in [-0.2, 0) is 9.53 Å². The summed E-state index contributed by atoms with van der Waals surface area (Å²) in [4.78, 5) is 23.1. The summed E-state index contributed by atoms with van der Waals surface area (Å²) in [6.07, 6.45) is 0. The summed E-state index contributed by atoms with van der Waals surface area (Å²) in [6, 6.07) is 4.73. The standard InChI is InChI=1S/C13H17NO4/c1-8(2)12(15)14-10-7-9(13(16)18-4)5-6-11(10)17-3/h5-8H,1-4H3,(H,14,15). The first-order valence-corrected chi connectivity index (χ1v) is 5.56. The maximum atomic E-state index is 11.6. The Labute approximate surface area is 106 Å². The zero-order chi connectivity index (χ0) is 13.7. The number of carbonyl (C=O) groups is 2. The van der Waals surface area contributed by atoms with Gasteiger partial charge in [0.1, 0.15) is 5.75 Å². The zero-order valence-corrected chi connectivity index (χ0v) is 10.9. The van der Waals surface area contributed by atoms with Gasteiger partial charge < -0.3 is 14.8 Å². The van der Waals surface area contributed by atoms with E-state index in [4.69, 9.17) is 4.74 Å². The fourth-order valence-electron chi connectivity index (χ4n) is 1.33. The summed E-state index contributed by atoms with van der Waals surface area (Å²) in [5.74, 6) is -0.263. The molecule has 0 saturated heterocycles. The molecule has 0 aliphatic rings. The Bertz CT molecular complexity index is 454. The Morgan fingerprint density at radius 3 is 2.39 bits per heavy atom. The van der Waals surface area contributed by atoms with Gasteiger partial charge in [0, 0.05) is 5.92 Å². The first-order chi connectivity index (χ1) is 8.49. The van der Waals surface area contributed by atoms with Crippen LogP contribution >= 0.6 is 0 Å². The average Bonchev–Trinajstić information content (AvgIpc) is 2.37. The normalized spacial score (nSPS) is 10.1. The molecule has 0 bridgehead atoms. The Kier molecular flexibility index (Phi) is 4.71. The Morgan fingerprint density at radius 1 is 1.22 bits per heavy atom. The Balaban J connectivity index is 3.06. The number of rotatable bonds is 4. The molecule has 5 heteroatoms. The molecule has 18 heavy (non-hydrogen) atoms. The number of carbonyl (C=O) groups excluding carboxylic acids is 2. The van der Waals surface area contributed by atoms with Crippen molar-refractivity contribution < 1.29 is 19.1 Å². The lowest BCUT2D eigenvalue weighted by Crippen LogP contribution is -2.18. The van der Waals surface area contributed by atoms with E-state index in [1.165, 1.54) is 20.3 Å². The van der Waals surface area contributed by atoms with Crippen LogP contribution in [0.1, 0.15) is 24.2 Å². The van der Waals surface area contributed by atoms with E-state index in [9.17, 15) is 9.59 Å². The van der Waals surface area contributed by atoms with Crippen molar-refractivity contribution in [3.63, 3.8) is 0 Å². The fourth-order valence-corrected chi connectivity index (χ4v) is 1.33. The van der Waals surface area contributed by atoms with E-state index < -0.39 is 5.97 Å². The molecule has 0 atom stereocenters. The second kappa shape index (κ2) is 6.05. The van der Waals surface area contributed by atoms with E-state index in [1.807, 2.05) is 0 Å². The zero-order valence-electron chi connectivity index (χ0n) is 10.9. The molecule has 0 aliphatic carbocycles. The molecule has 98 valence electrons. The molecule has 1 aromatic rings. The lowest BCUT2D eigenvalue weighted by molar-refractivity contribution is -0.118. The van der Waals surface area contributed by atoms with Gasteiger partial charge >= 0.3 is 5.97 Å². The van der Waals surface area contributed by atoms with Gasteiger partial charge in [-0.25, -0.2) is 4.79 Å². The number of hydrogen-bond donors (Lipinski definition) is 1. The molecule has 1 amide bonds. The molecule has 0 fully saturated rings. The summed E-state index contributed by atoms with van der Waals surface area (Å²) in [6.45, 7) is 3.57. The molecule has 5 nitrogen and oxygen atoms in total. The molecule has 0 heterocycles. The van der Waals surface area contributed by atoms with E-state index in [0.29, 0.717) is 17.0 Å². The summed E-state index contributed by atoms with van der Waals surface area (Å²) < 4.78 is 9.75. The quantitative estimate of drug-likeness (QED) is 0.832. The van der Waals surface area contributed by atoms with Gasteiger partial charge in [-0.05, 0) is 18.2 Å². The number of benzene rings is 1. The molecule has 0 radical (unpaired) electrons. The van der Waals surface area contributed by atoms with E-state index in [2.05, 4.69) is 10.1 Å². The van der Waals surface area contributed by atoms with Gasteiger partial charge in [0.2, 0.25) is 5.91 Å². The molecule has 0 aromatic heterocycles. The van der Waals surface area contributed by atoms with Crippen molar-refractivity contribution in [2.75, 3.05) is 19.5 Å². The first kappa shape index (κ1) is 14.0. The van der Waals surface area contributed by atoms with Crippen molar-refractivity contribution in [1.29, 1.82) is 0 Å². The van der Waals surface area contributed by atoms with Gasteiger partial charge in [-0.1, -0.05) is 13.8 Å². The second-order valence-corrected chi connectivity index (χ2v) is 4.05. The monoisotopic (exact) mass is 251 g/mol. The molecule has 1 aromatic carbocycles. The minimum atomic E-state index is -0.460. The summed E-state index contributed by atoms with van der Waals surface area (Å²) >= 11 is 0. The van der Waals surface area contributed by atoms with Crippen LogP contribution in [-0.4, -0.2) is 26.1 Å². The van der Waals surface area contributed by atoms with E-state index in [1.54, 1.807) is 26.0 Å². The average molecular weight is 251 g/mol. The molecule has 0 saturated carbocycles. The van der Waals surface area contributed by atoms with Crippen LogP contribution in [0.5, 0.6) is 5.75 Å². The number of nitrogens with one attached hydrogen (secondary N) is 1. The van der Waals surface area contributed by atoms with E-state index in [0.717, 1.165) is 0 Å². The molecular formula is C13H17NO4. The van der Waals surface area contributed by atoms with Crippen LogP contribution in [0.2, 0.25) is 0 Å². The smallest absolute Gasteiger partial charge is 0.337 e. The van der Waals surface area contributed by atoms with Crippen LogP contribution < -0.4 is 10.1 Å². The van der Waals surface area contributed by atoms with Crippen molar-refractivity contribution in [3.8, 4) is 5.75 Å². The third kappa shape index (κ3) is 3.23. The van der Waals surface area contributed by atoms with Gasteiger partial charge in [-0.15, -0.1) is 0 Å². The van der Waals surface area contributed by atoms with Crippen LogP contribution in [0.3, 0.4) is 0 Å². The predicted molar refractivity (Wildman–Crippen MR) is 67.8 cm³/mol. The van der Waals surface area contributed by atoms with Crippen molar-refractivity contribution in [2.24, 2.45) is 5.92 Å². The highest BCUT2D eigenvalue weighted by Crippen LogP contribution is 2.26. The molecule has 0 spiro atoms. The summed E-state index contributed by atoms with van der Waals surface area (Å²) in [5.41, 5.74) is 0.816. The molecule has 1 rings (SSSR count). The third-order valence-electron chi connectivity index (χ3n) is 2.40. The van der Waals surface area contributed by atoms with Crippen molar-refractivity contribution in [1.82, 2.24) is 0 Å². The third-order valence-corrected chi connectivity index (χ3v) is 2.40. The molecular weight excluding hydrogens is 234 g/mol. The highest BCUT2D eigenvalue weighted by Gasteiger charge is 2.14. The largest absolute Gasteiger partial charge is 0.495 e. The van der Waals surface area contributed by atoms with Gasteiger partial charge in [0.25, 0.3) is 0 Å². The number of anilines is 1. The van der Waals surface area contributed by atoms with E-state index in [-0.39, 0.29) is 11.8 Å². The van der Waals surface area contributed by atoms with Crippen LogP contribution in [0.4, 0.5) is 5.69 Å². The minimum Gasteiger partial charge on any atom is -0.495 e. The Morgan fingerprint density at radius 2 is 1.89 bits per heavy atom. The lowest BCUT2D eigenvalue weighted by Gasteiger charge is -2.12. The van der Waals surface area contributed by atoms with Crippen molar-refractivity contribution in [3.05, 3.63) is 23.8 Å². The van der Waals surface area contributed by atoms with E-state index >= 15 is 0 Å². The maximum Gasteiger partial charge on any atom is 0.337 e. The topological polar surface area (TPSA) is 64.6 Å². The number of ether oxygens (including phenoxy) is 2. The van der Waals surface area contributed by atoms with Gasteiger partial charge in [-0.2, -0.15) is 0 Å². The summed E-state index contributed by atoms with van der Waals surface area (Å²) in [5, 5.41) is 2.71. The van der Waals surface area contributed by atoms with Crippen molar-refractivity contribution in [2.45, 2.75) is 13.8 Å². The van der Waals surface area contributed by atoms with Crippen LogP contribution in [0.25, 0.3) is 0 Å². The second-order valence-electron chi connectivity index (χ2n) is 4.05. The van der Waals surface area contributed by atoms with Gasteiger partial charge in [0.05, 0.1) is 25.5 Å². The number of hydrogen-bond acceptors (Lipinski definition) is 4. The maximum absolute atomic E-state index is 11.6. The fraction of sp³-hybridized carbons (Fsp3) is 0.385. The predicted octanol–water partition coefficient (Wildman–Crippen LogP) is 2.08. The number of esters is 1. The number of methoxy groups -OCH3 is 2. The lowest BCUT2D eigenvalue weighted by atomic mass is 10.1. The van der Waals surface area contributed by atoms with Gasteiger partial charge in [-0.3, -0.25) is 4.79 Å². The van der Waals surface area contributed by atoms with Crippen molar-refractivity contribution >= 4 is 17.6 Å². The molecule has 0 aliphatic heterocycles. The van der Waals surface area contributed by atoms with Gasteiger partial charge in [0.15, 0.2) is 0 Å². The van der Waals surface area contributed by atoms with Crippen LogP contribution in [0, 0.1) is 5.92 Å². The highest BCUT2D eigenvalue weighted by atomic mass is 16.5. The minimum absolute atomic E-state index is 0.143. The van der Waals surface area contributed by atoms with Crippen LogP contribution in [0.15, 0.2) is 18.2 Å². The summed E-state index contributed by atoms with van der Waals surface area (Å²) in [7, 11) is 2.80. The molecule has 1 N–H and O–H groups in total. The first-order valence-electron chi connectivity index (χ1n) is 5.56. The number of amides is 1. The SMILES string of the molecule is COC(=O)c1ccc(OC)c(NC(=O)C(C)C)c1. The molecule has 0 unspecified atom stereocenters.